The van der Waals surface area contributed by atoms with E-state index in [1.54, 1.807) is 18.2 Å². The minimum atomic E-state index is -0.649. The monoisotopic (exact) mass is 243 g/mol. The second-order valence-electron chi connectivity index (χ2n) is 3.78. The van der Waals surface area contributed by atoms with E-state index in [1.807, 2.05) is 30.3 Å². The van der Waals surface area contributed by atoms with Gasteiger partial charge in [0.1, 0.15) is 6.61 Å². The number of amides is 2. The number of carbonyl (C=O) groups is 2. The van der Waals surface area contributed by atoms with Gasteiger partial charge in [-0.15, -0.1) is 0 Å². The van der Waals surface area contributed by atoms with E-state index in [9.17, 15) is 9.59 Å². The molecule has 2 amide bonds. The number of carbonyl (C=O) groups excluding carboxylic acids is 2. The first-order valence-electron chi connectivity index (χ1n) is 5.63. The molecular weight excluding hydrogens is 230 g/mol. The Hall–Kier alpha value is -2.36. The summed E-state index contributed by atoms with van der Waals surface area (Å²) in [5.41, 5.74) is 0.884. The summed E-state index contributed by atoms with van der Waals surface area (Å²) in [5, 5.41) is 0. The zero-order chi connectivity index (χ0) is 12.8. The molecule has 2 rings (SSSR count). The Balaban J connectivity index is 1.94. The average molecular weight is 243 g/mol. The maximum absolute atomic E-state index is 11.7. The van der Waals surface area contributed by atoms with E-state index in [2.05, 4.69) is 0 Å². The highest BCUT2D eigenvalue weighted by Crippen LogP contribution is 2.07. The molecule has 0 atom stereocenters. The summed E-state index contributed by atoms with van der Waals surface area (Å²) in [7, 11) is 0. The fraction of sp³-hybridized carbons (Fsp3) is 0.143. The van der Waals surface area contributed by atoms with Gasteiger partial charge < -0.3 is 4.74 Å². The van der Waals surface area contributed by atoms with Gasteiger partial charge in [-0.2, -0.15) is 0 Å². The Morgan fingerprint density at radius 1 is 1.22 bits per heavy atom. The first kappa shape index (κ1) is 12.1. The van der Waals surface area contributed by atoms with E-state index < -0.39 is 6.09 Å². The van der Waals surface area contributed by atoms with E-state index in [4.69, 9.17) is 4.74 Å². The van der Waals surface area contributed by atoms with Gasteiger partial charge in [-0.25, -0.2) is 9.69 Å². The lowest BCUT2D eigenvalue weighted by Crippen LogP contribution is -2.31. The van der Waals surface area contributed by atoms with E-state index in [0.29, 0.717) is 0 Å². The van der Waals surface area contributed by atoms with Crippen LogP contribution in [0.25, 0.3) is 0 Å². The lowest BCUT2D eigenvalue weighted by Gasteiger charge is -2.14. The summed E-state index contributed by atoms with van der Waals surface area (Å²) in [6.45, 7) is 0.157. The van der Waals surface area contributed by atoms with Gasteiger partial charge in [0, 0.05) is 12.6 Å². The van der Waals surface area contributed by atoms with E-state index in [-0.39, 0.29) is 18.9 Å². The fourth-order valence-corrected chi connectivity index (χ4v) is 1.52. The average Bonchev–Trinajstić information content (AvgIpc) is 2.62. The summed E-state index contributed by atoms with van der Waals surface area (Å²) in [6.07, 6.45) is 6.02. The van der Waals surface area contributed by atoms with Crippen molar-refractivity contribution in [3.8, 4) is 0 Å². The molecule has 1 aliphatic rings. The van der Waals surface area contributed by atoms with Crippen LogP contribution in [-0.4, -0.2) is 16.9 Å². The van der Waals surface area contributed by atoms with Crippen LogP contribution in [0.1, 0.15) is 12.0 Å². The number of rotatable bonds is 2. The molecule has 1 aromatic carbocycles. The van der Waals surface area contributed by atoms with Crippen LogP contribution in [0, 0.1) is 0 Å². The van der Waals surface area contributed by atoms with Gasteiger partial charge >= 0.3 is 6.09 Å². The normalized spacial score (nSPS) is 14.4. The molecule has 0 radical (unpaired) electrons. The van der Waals surface area contributed by atoms with Crippen LogP contribution in [-0.2, 0) is 16.1 Å². The topological polar surface area (TPSA) is 46.6 Å². The molecule has 92 valence electrons. The van der Waals surface area contributed by atoms with Crippen molar-refractivity contribution in [2.75, 3.05) is 0 Å². The summed E-state index contributed by atoms with van der Waals surface area (Å²) >= 11 is 0. The van der Waals surface area contributed by atoms with Gasteiger partial charge in [0.15, 0.2) is 0 Å². The summed E-state index contributed by atoms with van der Waals surface area (Å²) in [4.78, 5) is 24.3. The summed E-state index contributed by atoms with van der Waals surface area (Å²) < 4.78 is 5.08. The third kappa shape index (κ3) is 3.07. The van der Waals surface area contributed by atoms with Crippen LogP contribution in [0.2, 0.25) is 0 Å². The molecule has 1 aliphatic heterocycles. The van der Waals surface area contributed by atoms with Gasteiger partial charge in [-0.1, -0.05) is 42.5 Å². The SMILES string of the molecule is O=C1CC=CC=CN1C(=O)OCc1ccccc1. The Kier molecular flexibility index (Phi) is 3.91. The van der Waals surface area contributed by atoms with Crippen molar-refractivity contribution in [3.63, 3.8) is 0 Å². The zero-order valence-electron chi connectivity index (χ0n) is 9.78. The molecule has 0 unspecified atom stereocenters. The predicted octanol–water partition coefficient (Wildman–Crippen LogP) is 2.63. The van der Waals surface area contributed by atoms with Crippen molar-refractivity contribution in [1.29, 1.82) is 0 Å². The predicted molar refractivity (Wildman–Crippen MR) is 66.4 cm³/mol. The zero-order valence-corrected chi connectivity index (χ0v) is 9.78. The van der Waals surface area contributed by atoms with Crippen molar-refractivity contribution in [2.24, 2.45) is 0 Å². The minimum Gasteiger partial charge on any atom is -0.444 e. The molecular formula is C14H13NO3. The molecule has 4 heteroatoms. The van der Waals surface area contributed by atoms with Crippen molar-refractivity contribution < 1.29 is 14.3 Å². The van der Waals surface area contributed by atoms with Crippen molar-refractivity contribution in [3.05, 3.63) is 60.3 Å². The summed E-state index contributed by atoms with van der Waals surface area (Å²) in [5.74, 6) is -0.293. The van der Waals surface area contributed by atoms with Crippen LogP contribution in [0.3, 0.4) is 0 Å². The smallest absolute Gasteiger partial charge is 0.421 e. The third-order valence-corrected chi connectivity index (χ3v) is 2.45. The number of hydrogen-bond acceptors (Lipinski definition) is 3. The van der Waals surface area contributed by atoms with Gasteiger partial charge in [0.05, 0.1) is 0 Å². The molecule has 1 aromatic rings. The van der Waals surface area contributed by atoms with E-state index in [0.717, 1.165) is 10.5 Å². The molecule has 4 nitrogen and oxygen atoms in total. The standard InChI is InChI=1S/C14H13NO3/c16-13-9-5-2-6-10-15(13)14(17)18-11-12-7-3-1-4-8-12/h1-8,10H,9,11H2. The van der Waals surface area contributed by atoms with Crippen LogP contribution in [0.5, 0.6) is 0 Å². The number of allylic oxidation sites excluding steroid dienone is 2. The van der Waals surface area contributed by atoms with Gasteiger partial charge in [0.2, 0.25) is 5.91 Å². The Morgan fingerprint density at radius 3 is 2.78 bits per heavy atom. The highest BCUT2D eigenvalue weighted by molar-refractivity contribution is 5.94. The molecule has 0 fully saturated rings. The quantitative estimate of drug-likeness (QED) is 0.802. The number of benzene rings is 1. The Labute approximate surface area is 105 Å². The molecule has 1 heterocycles. The molecule has 0 bridgehead atoms. The largest absolute Gasteiger partial charge is 0.444 e. The second-order valence-corrected chi connectivity index (χ2v) is 3.78. The Morgan fingerprint density at radius 2 is 2.00 bits per heavy atom. The second kappa shape index (κ2) is 5.82. The lowest BCUT2D eigenvalue weighted by molar-refractivity contribution is -0.126. The molecule has 0 saturated carbocycles. The Bertz CT molecular complexity index is 491. The van der Waals surface area contributed by atoms with E-state index >= 15 is 0 Å². The number of ether oxygens (including phenoxy) is 1. The van der Waals surface area contributed by atoms with Crippen molar-refractivity contribution in [1.82, 2.24) is 4.90 Å². The van der Waals surface area contributed by atoms with Gasteiger partial charge in [0.25, 0.3) is 0 Å². The summed E-state index contributed by atoms with van der Waals surface area (Å²) in [6, 6.07) is 9.33. The van der Waals surface area contributed by atoms with Crippen LogP contribution in [0.4, 0.5) is 4.79 Å². The highest BCUT2D eigenvalue weighted by atomic mass is 16.6. The van der Waals surface area contributed by atoms with Crippen LogP contribution >= 0.6 is 0 Å². The lowest BCUT2D eigenvalue weighted by atomic mass is 10.2. The van der Waals surface area contributed by atoms with Gasteiger partial charge in [-0.05, 0) is 11.6 Å². The first-order chi connectivity index (χ1) is 8.77. The maximum atomic E-state index is 11.7. The van der Waals surface area contributed by atoms with Crippen LogP contribution < -0.4 is 0 Å². The van der Waals surface area contributed by atoms with Crippen LogP contribution in [0.15, 0.2) is 54.8 Å². The molecule has 0 aliphatic carbocycles. The highest BCUT2D eigenvalue weighted by Gasteiger charge is 2.20. The molecule has 0 N–H and O–H groups in total. The fourth-order valence-electron chi connectivity index (χ4n) is 1.52. The number of nitrogens with zero attached hydrogens (tertiary/aromatic N) is 1. The molecule has 0 aromatic heterocycles. The van der Waals surface area contributed by atoms with Crippen molar-refractivity contribution in [2.45, 2.75) is 13.0 Å². The third-order valence-electron chi connectivity index (χ3n) is 2.45. The van der Waals surface area contributed by atoms with Crippen molar-refractivity contribution >= 4 is 12.0 Å². The number of hydrogen-bond donors (Lipinski definition) is 0. The number of imide groups is 1. The maximum Gasteiger partial charge on any atom is 0.421 e. The van der Waals surface area contributed by atoms with Gasteiger partial charge in [-0.3, -0.25) is 4.79 Å². The first-order valence-corrected chi connectivity index (χ1v) is 5.63. The molecule has 0 saturated heterocycles. The van der Waals surface area contributed by atoms with E-state index in [1.165, 1.54) is 6.20 Å². The molecule has 0 spiro atoms. The molecule has 18 heavy (non-hydrogen) atoms. The minimum absolute atomic E-state index is 0.157.